The molecule has 2 aromatic carbocycles. The second-order valence-electron chi connectivity index (χ2n) is 11.5. The zero-order chi connectivity index (χ0) is 34.7. The van der Waals surface area contributed by atoms with Crippen LogP contribution in [0.15, 0.2) is 54.9 Å². The van der Waals surface area contributed by atoms with Crippen LogP contribution in [0.1, 0.15) is 46.7 Å². The van der Waals surface area contributed by atoms with Gasteiger partial charge in [0.1, 0.15) is 11.2 Å². The van der Waals surface area contributed by atoms with Gasteiger partial charge in [0.2, 0.25) is 5.88 Å². The third-order valence-corrected chi connectivity index (χ3v) is 8.96. The largest absolute Gasteiger partial charge is 0.480 e. The summed E-state index contributed by atoms with van der Waals surface area (Å²) < 4.78 is 38.0. The van der Waals surface area contributed by atoms with Gasteiger partial charge < -0.3 is 14.8 Å². The average molecular weight is 688 g/mol. The van der Waals surface area contributed by atoms with E-state index >= 15 is 0 Å². The summed E-state index contributed by atoms with van der Waals surface area (Å²) in [5.41, 5.74) is 5.26. The van der Waals surface area contributed by atoms with Gasteiger partial charge in [-0.15, -0.1) is 0 Å². The quantitative estimate of drug-likeness (QED) is 0.120. The summed E-state index contributed by atoms with van der Waals surface area (Å²) in [5, 5.41) is 3.58. The zero-order valence-electron chi connectivity index (χ0n) is 26.9. The molecule has 0 bridgehead atoms. The Morgan fingerprint density at radius 2 is 1.78 bits per heavy atom. The lowest BCUT2D eigenvalue weighted by Gasteiger charge is -2.30. The molecule has 3 aromatic heterocycles. The minimum Gasteiger partial charge on any atom is -0.480 e. The molecule has 5 aromatic rings. The fourth-order valence-corrected chi connectivity index (χ4v) is 6.26. The number of alkyl halides is 2. The fourth-order valence-electron chi connectivity index (χ4n) is 5.93. The van der Waals surface area contributed by atoms with Crippen LogP contribution in [0, 0.1) is 12.8 Å². The lowest BCUT2D eigenvalue weighted by atomic mass is 9.96. The van der Waals surface area contributed by atoms with Crippen LogP contribution >= 0.6 is 11.6 Å². The van der Waals surface area contributed by atoms with E-state index in [9.17, 15) is 18.4 Å². The first-order valence-corrected chi connectivity index (χ1v) is 15.9. The molecule has 11 nitrogen and oxygen atoms in total. The van der Waals surface area contributed by atoms with Crippen molar-refractivity contribution in [3.05, 3.63) is 82.5 Å². The molecule has 1 N–H and O–H groups in total. The van der Waals surface area contributed by atoms with E-state index in [0.29, 0.717) is 64.8 Å². The first-order chi connectivity index (χ1) is 23.7. The molecule has 0 saturated carbocycles. The number of aromatic nitrogens is 5. The van der Waals surface area contributed by atoms with Gasteiger partial charge in [0.05, 0.1) is 42.6 Å². The molecule has 1 aliphatic heterocycles. The van der Waals surface area contributed by atoms with Gasteiger partial charge >= 0.3 is 5.97 Å². The number of esters is 1. The summed E-state index contributed by atoms with van der Waals surface area (Å²) >= 11 is 7.05. The van der Waals surface area contributed by atoms with Gasteiger partial charge in [-0.1, -0.05) is 41.9 Å². The SMILES string of the molecule is COC(=O)C1CCN(Cc2ncc(-c3cccc(-c4cccc(Nc5nc(C(F)F)nc6cc(C=O)cnc56)c4C)c3Cl)nc2OC)CC1. The average Bonchev–Trinajstić information content (AvgIpc) is 3.12. The van der Waals surface area contributed by atoms with Crippen LogP contribution in [-0.2, 0) is 16.1 Å². The Kier molecular flexibility index (Phi) is 10.0. The highest BCUT2D eigenvalue weighted by Crippen LogP contribution is 2.40. The van der Waals surface area contributed by atoms with E-state index in [1.54, 1.807) is 19.4 Å². The molecule has 6 rings (SSSR count). The number of carbonyl (C=O) groups is 2. The molecular formula is C35H32ClF2N7O4. The van der Waals surface area contributed by atoms with Crippen molar-refractivity contribution in [2.75, 3.05) is 32.6 Å². The molecule has 252 valence electrons. The number of carbonyl (C=O) groups excluding carboxylic acids is 2. The molecule has 0 radical (unpaired) electrons. The lowest BCUT2D eigenvalue weighted by molar-refractivity contribution is -0.147. The molecule has 0 amide bonds. The van der Waals surface area contributed by atoms with Crippen molar-refractivity contribution in [2.45, 2.75) is 32.7 Å². The van der Waals surface area contributed by atoms with Crippen LogP contribution in [-0.4, -0.2) is 69.4 Å². The number of hydrogen-bond acceptors (Lipinski definition) is 11. The number of anilines is 2. The highest BCUT2D eigenvalue weighted by Gasteiger charge is 2.27. The van der Waals surface area contributed by atoms with Crippen molar-refractivity contribution in [3.8, 4) is 28.3 Å². The van der Waals surface area contributed by atoms with Gasteiger partial charge in [-0.05, 0) is 56.1 Å². The van der Waals surface area contributed by atoms with Crippen LogP contribution in [0.4, 0.5) is 20.3 Å². The maximum absolute atomic E-state index is 13.7. The molecule has 4 heterocycles. The number of nitrogens with one attached hydrogen (secondary N) is 1. The van der Waals surface area contributed by atoms with Crippen LogP contribution < -0.4 is 10.1 Å². The predicted molar refractivity (Wildman–Crippen MR) is 180 cm³/mol. The van der Waals surface area contributed by atoms with Crippen molar-refractivity contribution in [3.63, 3.8) is 0 Å². The Balaban J connectivity index is 1.28. The standard InChI is InChI=1S/C35H32ClF2N7O4/c1-19-22(6-5-9-25(19)41-32-30-26(14-20(18-46)15-40-30)42-33(44-32)31(37)38)23-7-4-8-24(29(23)36)27-16-39-28(34(43-27)48-2)17-45-12-10-21(11-13-45)35(47)49-3/h4-9,14-16,18,21,31H,10-13,17H2,1-3H3,(H,41,42,44). The van der Waals surface area contributed by atoms with E-state index in [1.807, 2.05) is 37.3 Å². The van der Waals surface area contributed by atoms with E-state index in [4.69, 9.17) is 26.1 Å². The smallest absolute Gasteiger partial charge is 0.308 e. The van der Waals surface area contributed by atoms with Crippen molar-refractivity contribution >= 4 is 46.4 Å². The predicted octanol–water partition coefficient (Wildman–Crippen LogP) is 7.00. The number of hydrogen-bond donors (Lipinski definition) is 1. The summed E-state index contributed by atoms with van der Waals surface area (Å²) in [6.07, 6.45) is 2.07. The summed E-state index contributed by atoms with van der Waals surface area (Å²) in [7, 11) is 2.96. The Morgan fingerprint density at radius 1 is 1.04 bits per heavy atom. The third-order valence-electron chi connectivity index (χ3n) is 8.56. The number of ether oxygens (including phenoxy) is 2. The number of fused-ring (bicyclic) bond motifs is 1. The van der Waals surface area contributed by atoms with Crippen LogP contribution in [0.2, 0.25) is 5.02 Å². The number of nitrogens with zero attached hydrogens (tertiary/aromatic N) is 6. The summed E-state index contributed by atoms with van der Waals surface area (Å²) in [6, 6.07) is 12.5. The van der Waals surface area contributed by atoms with E-state index in [1.165, 1.54) is 19.4 Å². The molecule has 14 heteroatoms. The van der Waals surface area contributed by atoms with Gasteiger partial charge in [-0.2, -0.15) is 0 Å². The number of halogens is 3. The topological polar surface area (TPSA) is 132 Å². The second-order valence-corrected chi connectivity index (χ2v) is 11.9. The number of piperidine rings is 1. The molecule has 49 heavy (non-hydrogen) atoms. The van der Waals surface area contributed by atoms with E-state index in [-0.39, 0.29) is 34.3 Å². The van der Waals surface area contributed by atoms with E-state index in [0.717, 1.165) is 24.2 Å². The molecule has 0 aliphatic carbocycles. The van der Waals surface area contributed by atoms with Crippen molar-refractivity contribution in [1.82, 2.24) is 29.8 Å². The Hall–Kier alpha value is -5.14. The van der Waals surface area contributed by atoms with Gasteiger partial charge in [-0.25, -0.2) is 28.7 Å². The Bertz CT molecular complexity index is 2040. The third kappa shape index (κ3) is 7.03. The van der Waals surface area contributed by atoms with Gasteiger partial charge in [0.25, 0.3) is 6.43 Å². The monoisotopic (exact) mass is 687 g/mol. The second kappa shape index (κ2) is 14.5. The number of rotatable bonds is 10. The first kappa shape index (κ1) is 33.7. The minimum absolute atomic E-state index is 0.0770. The number of methoxy groups -OCH3 is 2. The molecule has 1 saturated heterocycles. The van der Waals surface area contributed by atoms with E-state index < -0.39 is 12.2 Å². The van der Waals surface area contributed by atoms with Crippen LogP contribution in [0.25, 0.3) is 33.4 Å². The Labute approximate surface area is 285 Å². The van der Waals surface area contributed by atoms with Gasteiger partial charge in [0.15, 0.2) is 17.9 Å². The summed E-state index contributed by atoms with van der Waals surface area (Å²) in [5.74, 6) is -0.492. The van der Waals surface area contributed by atoms with Crippen molar-refractivity contribution < 1.29 is 27.8 Å². The maximum atomic E-state index is 13.7. The van der Waals surface area contributed by atoms with Crippen molar-refractivity contribution in [2.24, 2.45) is 5.92 Å². The molecule has 1 aliphatic rings. The first-order valence-electron chi connectivity index (χ1n) is 15.5. The highest BCUT2D eigenvalue weighted by atomic mass is 35.5. The van der Waals surface area contributed by atoms with Gasteiger partial charge in [0, 0.05) is 35.1 Å². The summed E-state index contributed by atoms with van der Waals surface area (Å²) in [4.78, 5) is 47.0. The zero-order valence-corrected chi connectivity index (χ0v) is 27.7. The number of pyridine rings is 1. The van der Waals surface area contributed by atoms with E-state index in [2.05, 4.69) is 30.2 Å². The molecule has 0 unspecified atom stereocenters. The number of benzene rings is 2. The normalized spacial score (nSPS) is 13.9. The molecule has 1 fully saturated rings. The Morgan fingerprint density at radius 3 is 2.49 bits per heavy atom. The molecule has 0 spiro atoms. The lowest BCUT2D eigenvalue weighted by Crippen LogP contribution is -2.36. The number of aldehydes is 1. The minimum atomic E-state index is -2.93. The van der Waals surface area contributed by atoms with Crippen molar-refractivity contribution in [1.29, 1.82) is 0 Å². The summed E-state index contributed by atoms with van der Waals surface area (Å²) in [6.45, 7) is 3.85. The molecule has 0 atom stereocenters. The highest BCUT2D eigenvalue weighted by molar-refractivity contribution is 6.36. The molecular weight excluding hydrogens is 656 g/mol. The maximum Gasteiger partial charge on any atom is 0.308 e. The fraction of sp³-hybridized carbons (Fsp3) is 0.286. The van der Waals surface area contributed by atoms with Crippen LogP contribution in [0.3, 0.4) is 0 Å². The van der Waals surface area contributed by atoms with Crippen LogP contribution in [0.5, 0.6) is 5.88 Å². The van der Waals surface area contributed by atoms with Gasteiger partial charge in [-0.3, -0.25) is 19.5 Å². The number of likely N-dealkylation sites (tertiary alicyclic amines) is 1.